The molecular weight excluding hydrogens is 430 g/mol. The Hall–Kier alpha value is -3.35. The summed E-state index contributed by atoms with van der Waals surface area (Å²) in [6, 6.07) is 16.1. The maximum atomic E-state index is 13.5. The van der Waals surface area contributed by atoms with E-state index in [0.29, 0.717) is 13.0 Å². The number of benzene rings is 2. The fraction of sp³-hybridized carbons (Fsp3) is 0.444. The van der Waals surface area contributed by atoms with Crippen molar-refractivity contribution in [3.8, 4) is 0 Å². The van der Waals surface area contributed by atoms with Crippen molar-refractivity contribution in [1.82, 2.24) is 15.5 Å². The molecule has 2 N–H and O–H groups in total. The maximum Gasteiger partial charge on any atom is 0.408 e. The molecule has 0 saturated heterocycles. The van der Waals surface area contributed by atoms with Gasteiger partial charge in [0.25, 0.3) is 0 Å². The highest BCUT2D eigenvalue weighted by atomic mass is 16.6. The van der Waals surface area contributed by atoms with Crippen LogP contribution in [0.25, 0.3) is 0 Å². The number of nitrogens with zero attached hydrogens (tertiary/aromatic N) is 1. The lowest BCUT2D eigenvalue weighted by molar-refractivity contribution is -0.142. The van der Waals surface area contributed by atoms with E-state index in [1.54, 1.807) is 25.7 Å². The average Bonchev–Trinajstić information content (AvgIpc) is 2.79. The highest BCUT2D eigenvalue weighted by Crippen LogP contribution is 2.27. The van der Waals surface area contributed by atoms with Gasteiger partial charge < -0.3 is 20.3 Å². The van der Waals surface area contributed by atoms with Crippen molar-refractivity contribution < 1.29 is 19.1 Å². The first-order chi connectivity index (χ1) is 16.0. The zero-order valence-corrected chi connectivity index (χ0v) is 21.1. The van der Waals surface area contributed by atoms with Crippen molar-refractivity contribution in [3.63, 3.8) is 0 Å². The molecular formula is C27H37N3O4. The zero-order chi connectivity index (χ0) is 25.3. The monoisotopic (exact) mass is 467 g/mol. The van der Waals surface area contributed by atoms with Crippen LogP contribution in [0.5, 0.6) is 0 Å². The summed E-state index contributed by atoms with van der Waals surface area (Å²) in [7, 11) is 0. The van der Waals surface area contributed by atoms with E-state index in [2.05, 4.69) is 10.6 Å². The highest BCUT2D eigenvalue weighted by molar-refractivity contribution is 5.90. The lowest BCUT2D eigenvalue weighted by Gasteiger charge is -2.36. The SMILES string of the molecule is CCC(C)N(C(=O)CNC(=O)OC(C)(C)C)C(C(=O)NCc1ccccc1)c1ccccc1C. The minimum Gasteiger partial charge on any atom is -0.444 e. The topological polar surface area (TPSA) is 87.7 Å². The molecule has 7 nitrogen and oxygen atoms in total. The molecule has 0 aliphatic heterocycles. The second kappa shape index (κ2) is 12.2. The number of alkyl carbamates (subject to hydrolysis) is 1. The van der Waals surface area contributed by atoms with Crippen LogP contribution in [0, 0.1) is 6.92 Å². The number of amides is 3. The van der Waals surface area contributed by atoms with Gasteiger partial charge in [-0.1, -0.05) is 61.5 Å². The van der Waals surface area contributed by atoms with Gasteiger partial charge in [0.15, 0.2) is 0 Å². The van der Waals surface area contributed by atoms with Crippen molar-refractivity contribution in [3.05, 3.63) is 71.3 Å². The fourth-order valence-electron chi connectivity index (χ4n) is 3.59. The molecule has 7 heteroatoms. The second-order valence-electron chi connectivity index (χ2n) is 9.38. The lowest BCUT2D eigenvalue weighted by atomic mass is 9.97. The number of ether oxygens (including phenoxy) is 1. The van der Waals surface area contributed by atoms with E-state index in [9.17, 15) is 14.4 Å². The van der Waals surface area contributed by atoms with Gasteiger partial charge in [-0.15, -0.1) is 0 Å². The predicted octanol–water partition coefficient (Wildman–Crippen LogP) is 4.50. The third kappa shape index (κ3) is 7.90. The first-order valence-electron chi connectivity index (χ1n) is 11.7. The van der Waals surface area contributed by atoms with E-state index < -0.39 is 17.7 Å². The minimum absolute atomic E-state index is 0.236. The molecule has 2 atom stereocenters. The third-order valence-corrected chi connectivity index (χ3v) is 5.46. The number of nitrogens with one attached hydrogen (secondary N) is 2. The fourth-order valence-corrected chi connectivity index (χ4v) is 3.59. The summed E-state index contributed by atoms with van der Waals surface area (Å²) in [6.45, 7) is 11.1. The summed E-state index contributed by atoms with van der Waals surface area (Å²) in [5, 5.41) is 5.52. The summed E-state index contributed by atoms with van der Waals surface area (Å²) in [4.78, 5) is 40.6. The van der Waals surface area contributed by atoms with E-state index in [-0.39, 0.29) is 24.4 Å². The number of aryl methyl sites for hydroxylation is 1. The minimum atomic E-state index is -0.840. The van der Waals surface area contributed by atoms with Gasteiger partial charge in [-0.05, 0) is 57.7 Å². The van der Waals surface area contributed by atoms with E-state index in [1.807, 2.05) is 75.4 Å². The Morgan fingerprint density at radius 2 is 1.59 bits per heavy atom. The molecule has 0 aliphatic rings. The van der Waals surface area contributed by atoms with Gasteiger partial charge >= 0.3 is 6.09 Å². The van der Waals surface area contributed by atoms with Crippen LogP contribution in [-0.2, 0) is 20.9 Å². The molecule has 0 radical (unpaired) electrons. The number of carbonyl (C=O) groups is 3. The number of hydrogen-bond acceptors (Lipinski definition) is 4. The Morgan fingerprint density at radius 1 is 0.971 bits per heavy atom. The van der Waals surface area contributed by atoms with Gasteiger partial charge in [0.05, 0.1) is 0 Å². The molecule has 0 fully saturated rings. The molecule has 0 saturated carbocycles. The van der Waals surface area contributed by atoms with Crippen LogP contribution >= 0.6 is 0 Å². The molecule has 2 aromatic rings. The zero-order valence-electron chi connectivity index (χ0n) is 21.1. The molecule has 2 aromatic carbocycles. The smallest absolute Gasteiger partial charge is 0.408 e. The van der Waals surface area contributed by atoms with E-state index >= 15 is 0 Å². The molecule has 184 valence electrons. The van der Waals surface area contributed by atoms with Gasteiger partial charge in [0.1, 0.15) is 18.2 Å². The molecule has 34 heavy (non-hydrogen) atoms. The Morgan fingerprint density at radius 3 is 2.18 bits per heavy atom. The quantitative estimate of drug-likeness (QED) is 0.568. The predicted molar refractivity (Wildman–Crippen MR) is 133 cm³/mol. The van der Waals surface area contributed by atoms with Gasteiger partial charge in [0, 0.05) is 12.6 Å². The van der Waals surface area contributed by atoms with Gasteiger partial charge in [-0.3, -0.25) is 9.59 Å². The standard InChI is InChI=1S/C27H37N3O4/c1-7-20(3)30(23(31)18-29-26(33)34-27(4,5)6)24(22-16-12-11-13-19(22)2)25(32)28-17-21-14-9-8-10-15-21/h8-16,20,24H,7,17-18H2,1-6H3,(H,28,32)(H,29,33). The highest BCUT2D eigenvalue weighted by Gasteiger charge is 2.35. The van der Waals surface area contributed by atoms with Crippen LogP contribution in [0.3, 0.4) is 0 Å². The summed E-state index contributed by atoms with van der Waals surface area (Å²) >= 11 is 0. The summed E-state index contributed by atoms with van der Waals surface area (Å²) in [5.41, 5.74) is 1.94. The Balaban J connectivity index is 2.32. The van der Waals surface area contributed by atoms with Crippen LogP contribution in [0.15, 0.2) is 54.6 Å². The number of hydrogen-bond donors (Lipinski definition) is 2. The molecule has 0 heterocycles. The second-order valence-corrected chi connectivity index (χ2v) is 9.38. The number of carbonyl (C=O) groups excluding carboxylic acids is 3. The first-order valence-corrected chi connectivity index (χ1v) is 11.7. The van der Waals surface area contributed by atoms with Crippen molar-refractivity contribution in [2.24, 2.45) is 0 Å². The molecule has 0 spiro atoms. The van der Waals surface area contributed by atoms with Crippen LogP contribution in [0.2, 0.25) is 0 Å². The molecule has 3 amide bonds. The third-order valence-electron chi connectivity index (χ3n) is 5.46. The van der Waals surface area contributed by atoms with Crippen molar-refractivity contribution >= 4 is 17.9 Å². The Labute approximate surface area is 202 Å². The molecule has 0 bridgehead atoms. The molecule has 2 unspecified atom stereocenters. The Kier molecular flexibility index (Phi) is 9.66. The first kappa shape index (κ1) is 26.9. The van der Waals surface area contributed by atoms with Gasteiger partial charge in [-0.25, -0.2) is 4.79 Å². The van der Waals surface area contributed by atoms with E-state index in [0.717, 1.165) is 16.7 Å². The van der Waals surface area contributed by atoms with E-state index in [4.69, 9.17) is 4.74 Å². The van der Waals surface area contributed by atoms with Crippen molar-refractivity contribution in [1.29, 1.82) is 0 Å². The normalized spacial score (nSPS) is 12.9. The molecule has 0 aromatic heterocycles. The lowest BCUT2D eigenvalue weighted by Crippen LogP contribution is -2.51. The van der Waals surface area contributed by atoms with Crippen molar-refractivity contribution in [2.45, 2.75) is 72.2 Å². The largest absolute Gasteiger partial charge is 0.444 e. The van der Waals surface area contributed by atoms with Crippen LogP contribution in [0.1, 0.15) is 63.8 Å². The molecule has 0 aliphatic carbocycles. The summed E-state index contributed by atoms with van der Waals surface area (Å²) in [5.74, 6) is -0.632. The van der Waals surface area contributed by atoms with Gasteiger partial charge in [-0.2, -0.15) is 0 Å². The van der Waals surface area contributed by atoms with Crippen LogP contribution < -0.4 is 10.6 Å². The molecule has 2 rings (SSSR count). The van der Waals surface area contributed by atoms with Gasteiger partial charge in [0.2, 0.25) is 11.8 Å². The van der Waals surface area contributed by atoms with E-state index in [1.165, 1.54) is 0 Å². The maximum absolute atomic E-state index is 13.5. The Bertz CT molecular complexity index is 969. The van der Waals surface area contributed by atoms with Crippen molar-refractivity contribution in [2.75, 3.05) is 6.54 Å². The van der Waals surface area contributed by atoms with Crippen LogP contribution in [0.4, 0.5) is 4.79 Å². The average molecular weight is 468 g/mol. The van der Waals surface area contributed by atoms with Crippen LogP contribution in [-0.4, -0.2) is 41.0 Å². The number of rotatable bonds is 9. The summed E-state index contributed by atoms with van der Waals surface area (Å²) < 4.78 is 5.25. The summed E-state index contributed by atoms with van der Waals surface area (Å²) in [6.07, 6.45) is -0.0297.